The van der Waals surface area contributed by atoms with Crippen molar-refractivity contribution in [3.8, 4) is 0 Å². The molecule has 0 aliphatic heterocycles. The number of nitrogens with one attached hydrogen (secondary N) is 1. The van der Waals surface area contributed by atoms with Crippen molar-refractivity contribution in [2.45, 2.75) is 19.4 Å². The number of thiophene rings is 1. The second-order valence-corrected chi connectivity index (χ2v) is 4.45. The Bertz CT molecular complexity index is 438. The van der Waals surface area contributed by atoms with Gasteiger partial charge in [-0.05, 0) is 24.8 Å². The molecule has 2 aromatic heterocycles. The van der Waals surface area contributed by atoms with Crippen LogP contribution in [0.4, 0.5) is 5.82 Å². The highest BCUT2D eigenvalue weighted by Crippen LogP contribution is 2.23. The zero-order valence-corrected chi connectivity index (χ0v) is 9.42. The first-order valence-electron chi connectivity index (χ1n) is 4.95. The Balaban J connectivity index is 2.10. The topological polar surface area (TPSA) is 63.8 Å². The van der Waals surface area contributed by atoms with Crippen molar-refractivity contribution in [1.29, 1.82) is 0 Å². The maximum Gasteiger partial charge on any atom is 0.138 e. The number of hydrogen-bond acceptors (Lipinski definition) is 5. The molecule has 1 atom stereocenters. The molecule has 15 heavy (non-hydrogen) atoms. The van der Waals surface area contributed by atoms with E-state index in [9.17, 15) is 0 Å². The summed E-state index contributed by atoms with van der Waals surface area (Å²) in [5.41, 5.74) is 5.68. The first kappa shape index (κ1) is 10.3. The molecule has 0 bridgehead atoms. The Morgan fingerprint density at radius 3 is 3.20 bits per heavy atom. The molecule has 3 N–H and O–H groups in total. The lowest BCUT2D eigenvalue weighted by Gasteiger charge is -2.07. The van der Waals surface area contributed by atoms with E-state index in [-0.39, 0.29) is 6.04 Å². The molecule has 0 amide bonds. The average molecular weight is 222 g/mol. The van der Waals surface area contributed by atoms with Crippen LogP contribution in [0.1, 0.15) is 13.3 Å². The lowest BCUT2D eigenvalue weighted by molar-refractivity contribution is 0.689. The van der Waals surface area contributed by atoms with E-state index in [0.717, 1.165) is 29.0 Å². The highest BCUT2D eigenvalue weighted by Gasteiger charge is 2.03. The van der Waals surface area contributed by atoms with Crippen molar-refractivity contribution >= 4 is 27.4 Å². The highest BCUT2D eigenvalue weighted by molar-refractivity contribution is 7.16. The highest BCUT2D eigenvalue weighted by atomic mass is 32.1. The second kappa shape index (κ2) is 4.55. The summed E-state index contributed by atoms with van der Waals surface area (Å²) in [6, 6.07) is 2.26. The van der Waals surface area contributed by atoms with Crippen LogP contribution in [0.3, 0.4) is 0 Å². The van der Waals surface area contributed by atoms with Crippen LogP contribution in [-0.4, -0.2) is 22.6 Å². The number of nitrogens with two attached hydrogens (primary N) is 1. The molecule has 0 aromatic carbocycles. The van der Waals surface area contributed by atoms with Crippen LogP contribution < -0.4 is 11.1 Å². The molecular weight excluding hydrogens is 208 g/mol. The van der Waals surface area contributed by atoms with Crippen LogP contribution in [-0.2, 0) is 0 Å². The lowest BCUT2D eigenvalue weighted by atomic mass is 10.2. The van der Waals surface area contributed by atoms with Gasteiger partial charge in [0.1, 0.15) is 17.0 Å². The van der Waals surface area contributed by atoms with Crippen LogP contribution in [0, 0.1) is 0 Å². The minimum Gasteiger partial charge on any atom is -0.369 e. The van der Waals surface area contributed by atoms with Crippen LogP contribution in [0.25, 0.3) is 10.2 Å². The summed E-state index contributed by atoms with van der Waals surface area (Å²) in [5.74, 6) is 0.905. The molecule has 0 fully saturated rings. The fourth-order valence-electron chi connectivity index (χ4n) is 1.35. The standard InChI is InChI=1S/C10H14N4S/c1-7(11)2-4-12-9-8-3-5-15-10(8)14-6-13-9/h3,5-7H,2,4,11H2,1H3,(H,12,13,14). The fraction of sp³-hybridized carbons (Fsp3) is 0.400. The van der Waals surface area contributed by atoms with Gasteiger partial charge in [-0.25, -0.2) is 9.97 Å². The van der Waals surface area contributed by atoms with Gasteiger partial charge in [0.15, 0.2) is 0 Å². The summed E-state index contributed by atoms with van der Waals surface area (Å²) in [5, 5.41) is 6.39. The molecule has 2 rings (SSSR count). The number of anilines is 1. The summed E-state index contributed by atoms with van der Waals surface area (Å²) in [6.07, 6.45) is 2.53. The van der Waals surface area contributed by atoms with Gasteiger partial charge < -0.3 is 11.1 Å². The molecule has 5 heteroatoms. The lowest BCUT2D eigenvalue weighted by Crippen LogP contribution is -2.19. The maximum atomic E-state index is 5.68. The van der Waals surface area contributed by atoms with E-state index >= 15 is 0 Å². The monoisotopic (exact) mass is 222 g/mol. The van der Waals surface area contributed by atoms with E-state index in [1.165, 1.54) is 0 Å². The maximum absolute atomic E-state index is 5.68. The first-order valence-corrected chi connectivity index (χ1v) is 5.83. The molecule has 0 saturated carbocycles. The van der Waals surface area contributed by atoms with Gasteiger partial charge in [0.25, 0.3) is 0 Å². The van der Waals surface area contributed by atoms with Gasteiger partial charge in [-0.3, -0.25) is 0 Å². The number of fused-ring (bicyclic) bond motifs is 1. The number of rotatable bonds is 4. The van der Waals surface area contributed by atoms with Crippen molar-refractivity contribution in [3.63, 3.8) is 0 Å². The predicted molar refractivity (Wildman–Crippen MR) is 64.2 cm³/mol. The summed E-state index contributed by atoms with van der Waals surface area (Å²) in [4.78, 5) is 9.43. The molecule has 4 nitrogen and oxygen atoms in total. The summed E-state index contributed by atoms with van der Waals surface area (Å²) in [6.45, 7) is 2.85. The summed E-state index contributed by atoms with van der Waals surface area (Å²) >= 11 is 1.63. The van der Waals surface area contributed by atoms with E-state index in [0.29, 0.717) is 0 Å². The third-order valence-corrected chi connectivity index (χ3v) is 2.97. The fourth-order valence-corrected chi connectivity index (χ4v) is 2.08. The zero-order chi connectivity index (χ0) is 10.7. The molecule has 0 aliphatic rings. The van der Waals surface area contributed by atoms with Gasteiger partial charge in [0.05, 0.1) is 5.39 Å². The SMILES string of the molecule is CC(N)CCNc1ncnc2sccc12. The quantitative estimate of drug-likeness (QED) is 0.828. The normalized spacial score (nSPS) is 12.9. The first-order chi connectivity index (χ1) is 7.27. The molecule has 1 unspecified atom stereocenters. The molecule has 0 spiro atoms. The minimum absolute atomic E-state index is 0.220. The summed E-state index contributed by atoms with van der Waals surface area (Å²) < 4.78 is 0. The van der Waals surface area contributed by atoms with E-state index < -0.39 is 0 Å². The van der Waals surface area contributed by atoms with Crippen molar-refractivity contribution in [2.75, 3.05) is 11.9 Å². The van der Waals surface area contributed by atoms with Crippen molar-refractivity contribution in [2.24, 2.45) is 5.73 Å². The Morgan fingerprint density at radius 1 is 1.53 bits per heavy atom. The number of aromatic nitrogens is 2. The minimum atomic E-state index is 0.220. The Hall–Kier alpha value is -1.20. The van der Waals surface area contributed by atoms with Gasteiger partial charge in [0.2, 0.25) is 0 Å². The van der Waals surface area contributed by atoms with Crippen molar-refractivity contribution < 1.29 is 0 Å². The molecule has 80 valence electrons. The van der Waals surface area contributed by atoms with E-state index in [1.807, 2.05) is 18.4 Å². The second-order valence-electron chi connectivity index (χ2n) is 3.55. The van der Waals surface area contributed by atoms with Crippen molar-refractivity contribution in [1.82, 2.24) is 9.97 Å². The molecular formula is C10H14N4S. The van der Waals surface area contributed by atoms with Crippen LogP contribution in [0.2, 0.25) is 0 Å². The van der Waals surface area contributed by atoms with E-state index in [2.05, 4.69) is 15.3 Å². The Kier molecular flexibility index (Phi) is 3.13. The third kappa shape index (κ3) is 2.43. The molecule has 0 saturated heterocycles. The van der Waals surface area contributed by atoms with Gasteiger partial charge in [-0.1, -0.05) is 0 Å². The molecule has 2 aromatic rings. The van der Waals surface area contributed by atoms with Crippen molar-refractivity contribution in [3.05, 3.63) is 17.8 Å². The zero-order valence-electron chi connectivity index (χ0n) is 8.60. The molecule has 2 heterocycles. The van der Waals surface area contributed by atoms with E-state index in [4.69, 9.17) is 5.73 Å². The summed E-state index contributed by atoms with van der Waals surface area (Å²) in [7, 11) is 0. The smallest absolute Gasteiger partial charge is 0.138 e. The third-order valence-electron chi connectivity index (χ3n) is 2.15. The Morgan fingerprint density at radius 2 is 2.40 bits per heavy atom. The average Bonchev–Trinajstić information content (AvgIpc) is 2.65. The molecule has 0 radical (unpaired) electrons. The van der Waals surface area contributed by atoms with Gasteiger partial charge in [-0.2, -0.15) is 0 Å². The number of hydrogen-bond donors (Lipinski definition) is 2. The predicted octanol–water partition coefficient (Wildman–Crippen LogP) is 1.84. The van der Waals surface area contributed by atoms with Crippen LogP contribution >= 0.6 is 11.3 Å². The van der Waals surface area contributed by atoms with Crippen LogP contribution in [0.5, 0.6) is 0 Å². The Labute approximate surface area is 92.5 Å². The van der Waals surface area contributed by atoms with Gasteiger partial charge in [-0.15, -0.1) is 11.3 Å². The van der Waals surface area contributed by atoms with Crippen LogP contribution in [0.15, 0.2) is 17.8 Å². The van der Waals surface area contributed by atoms with Gasteiger partial charge in [0, 0.05) is 12.6 Å². The van der Waals surface area contributed by atoms with Gasteiger partial charge >= 0.3 is 0 Å². The largest absolute Gasteiger partial charge is 0.369 e. The number of nitrogens with zero attached hydrogens (tertiary/aromatic N) is 2. The van der Waals surface area contributed by atoms with E-state index in [1.54, 1.807) is 17.7 Å². The molecule has 0 aliphatic carbocycles.